The van der Waals surface area contributed by atoms with Crippen LogP contribution < -0.4 is 14.8 Å². The number of methoxy groups -OCH3 is 2. The van der Waals surface area contributed by atoms with E-state index in [4.69, 9.17) is 9.47 Å². The first-order chi connectivity index (χ1) is 8.17. The van der Waals surface area contributed by atoms with Crippen LogP contribution in [-0.2, 0) is 6.42 Å². The van der Waals surface area contributed by atoms with Gasteiger partial charge in [0.25, 0.3) is 0 Å². The summed E-state index contributed by atoms with van der Waals surface area (Å²) in [7, 11) is 3.37. The number of hydrogen-bond acceptors (Lipinski definition) is 3. The lowest BCUT2D eigenvalue weighted by Crippen LogP contribution is -2.33. The van der Waals surface area contributed by atoms with Crippen LogP contribution in [0.3, 0.4) is 0 Å². The van der Waals surface area contributed by atoms with Crippen LogP contribution in [0.4, 0.5) is 0 Å². The quantitative estimate of drug-likeness (QED) is 0.873. The van der Waals surface area contributed by atoms with Gasteiger partial charge < -0.3 is 14.8 Å². The zero-order valence-corrected chi connectivity index (χ0v) is 11.0. The van der Waals surface area contributed by atoms with Gasteiger partial charge in [0.05, 0.1) is 14.2 Å². The Bertz CT molecular complexity index is 401. The average molecular weight is 235 g/mol. The van der Waals surface area contributed by atoms with E-state index in [0.717, 1.165) is 24.5 Å². The summed E-state index contributed by atoms with van der Waals surface area (Å²) in [5, 5.41) is 3.57. The number of ether oxygens (including phenoxy) is 2. The second-order valence-electron chi connectivity index (χ2n) is 4.83. The van der Waals surface area contributed by atoms with Crippen LogP contribution in [0.15, 0.2) is 12.1 Å². The summed E-state index contributed by atoms with van der Waals surface area (Å²) in [5.41, 5.74) is 2.73. The van der Waals surface area contributed by atoms with Crippen molar-refractivity contribution in [2.24, 2.45) is 5.92 Å². The highest BCUT2D eigenvalue weighted by molar-refractivity contribution is 5.49. The molecule has 1 aromatic carbocycles. The van der Waals surface area contributed by atoms with Crippen molar-refractivity contribution in [3.8, 4) is 11.5 Å². The van der Waals surface area contributed by atoms with Gasteiger partial charge in [-0.2, -0.15) is 0 Å². The van der Waals surface area contributed by atoms with Crippen molar-refractivity contribution in [2.45, 2.75) is 26.3 Å². The monoisotopic (exact) mass is 235 g/mol. The molecule has 1 atom stereocenters. The minimum atomic E-state index is 0.415. The Morgan fingerprint density at radius 2 is 1.82 bits per heavy atom. The summed E-state index contributed by atoms with van der Waals surface area (Å²) in [6.07, 6.45) is 1.05. The lowest BCUT2D eigenvalue weighted by atomic mass is 9.87. The Hall–Kier alpha value is -1.22. The fourth-order valence-corrected chi connectivity index (χ4v) is 2.51. The SMILES string of the molecule is COc1cc2c(cc1OC)[C@@H](C(C)C)NCC2. The second kappa shape index (κ2) is 4.96. The Kier molecular flexibility index (Phi) is 3.57. The number of rotatable bonds is 3. The predicted molar refractivity (Wildman–Crippen MR) is 68.8 cm³/mol. The zero-order valence-electron chi connectivity index (χ0n) is 11.0. The Labute approximate surface area is 103 Å². The van der Waals surface area contributed by atoms with Crippen molar-refractivity contribution in [3.05, 3.63) is 23.3 Å². The molecule has 0 unspecified atom stereocenters. The summed E-state index contributed by atoms with van der Waals surface area (Å²) in [6.45, 7) is 5.51. The highest BCUT2D eigenvalue weighted by atomic mass is 16.5. The molecule has 2 rings (SSSR count). The van der Waals surface area contributed by atoms with E-state index >= 15 is 0 Å². The van der Waals surface area contributed by atoms with Crippen LogP contribution in [0.5, 0.6) is 11.5 Å². The fraction of sp³-hybridized carbons (Fsp3) is 0.571. The molecule has 0 fully saturated rings. The van der Waals surface area contributed by atoms with Gasteiger partial charge >= 0.3 is 0 Å². The van der Waals surface area contributed by atoms with Crippen LogP contribution in [0.2, 0.25) is 0 Å². The minimum absolute atomic E-state index is 0.415. The van der Waals surface area contributed by atoms with E-state index in [1.165, 1.54) is 11.1 Å². The van der Waals surface area contributed by atoms with Gasteiger partial charge in [0, 0.05) is 6.04 Å². The highest BCUT2D eigenvalue weighted by Gasteiger charge is 2.24. The number of nitrogens with one attached hydrogen (secondary N) is 1. The zero-order chi connectivity index (χ0) is 12.4. The van der Waals surface area contributed by atoms with Crippen LogP contribution in [0.25, 0.3) is 0 Å². The van der Waals surface area contributed by atoms with Gasteiger partial charge in [-0.05, 0) is 42.1 Å². The molecule has 0 radical (unpaired) electrons. The maximum Gasteiger partial charge on any atom is 0.161 e. The smallest absolute Gasteiger partial charge is 0.161 e. The van der Waals surface area contributed by atoms with Gasteiger partial charge in [-0.1, -0.05) is 13.8 Å². The normalized spacial score (nSPS) is 19.0. The first-order valence-corrected chi connectivity index (χ1v) is 6.15. The maximum atomic E-state index is 5.38. The number of hydrogen-bond donors (Lipinski definition) is 1. The predicted octanol–water partition coefficient (Wildman–Crippen LogP) is 2.55. The molecular weight excluding hydrogens is 214 g/mol. The summed E-state index contributed by atoms with van der Waals surface area (Å²) >= 11 is 0. The van der Waals surface area contributed by atoms with Gasteiger partial charge in [-0.25, -0.2) is 0 Å². The highest BCUT2D eigenvalue weighted by Crippen LogP contribution is 2.37. The van der Waals surface area contributed by atoms with Gasteiger partial charge in [0.1, 0.15) is 0 Å². The summed E-state index contributed by atoms with van der Waals surface area (Å²) in [6, 6.07) is 4.65. The summed E-state index contributed by atoms with van der Waals surface area (Å²) in [4.78, 5) is 0. The topological polar surface area (TPSA) is 30.5 Å². The standard InChI is InChI=1S/C14H21NO2/c1-9(2)14-11-8-13(17-4)12(16-3)7-10(11)5-6-15-14/h7-9,14-15H,5-6H2,1-4H3/t14-/m1/s1. The van der Waals surface area contributed by atoms with Crippen molar-refractivity contribution in [2.75, 3.05) is 20.8 Å². The summed E-state index contributed by atoms with van der Waals surface area (Å²) in [5.74, 6) is 2.23. The molecule has 94 valence electrons. The molecule has 0 aromatic heterocycles. The van der Waals surface area contributed by atoms with Crippen LogP contribution in [-0.4, -0.2) is 20.8 Å². The van der Waals surface area contributed by atoms with Crippen LogP contribution >= 0.6 is 0 Å². The molecule has 0 amide bonds. The Morgan fingerprint density at radius 3 is 2.41 bits per heavy atom. The van der Waals surface area contributed by atoms with Gasteiger partial charge in [-0.3, -0.25) is 0 Å². The van der Waals surface area contributed by atoms with E-state index in [2.05, 4.69) is 31.3 Å². The van der Waals surface area contributed by atoms with E-state index < -0.39 is 0 Å². The molecule has 1 N–H and O–H groups in total. The number of benzene rings is 1. The van der Waals surface area contributed by atoms with E-state index in [1.807, 2.05) is 0 Å². The molecule has 3 nitrogen and oxygen atoms in total. The van der Waals surface area contributed by atoms with E-state index in [9.17, 15) is 0 Å². The van der Waals surface area contributed by atoms with Crippen LogP contribution in [0, 0.1) is 5.92 Å². The molecule has 1 heterocycles. The molecular formula is C14H21NO2. The molecule has 0 saturated heterocycles. The lowest BCUT2D eigenvalue weighted by molar-refractivity contribution is 0.347. The van der Waals surface area contributed by atoms with Crippen molar-refractivity contribution in [3.63, 3.8) is 0 Å². The Balaban J connectivity index is 2.47. The minimum Gasteiger partial charge on any atom is -0.493 e. The third-order valence-electron chi connectivity index (χ3n) is 3.41. The molecule has 0 spiro atoms. The van der Waals surface area contributed by atoms with Gasteiger partial charge in [-0.15, -0.1) is 0 Å². The third-order valence-corrected chi connectivity index (χ3v) is 3.41. The molecule has 0 saturated carbocycles. The molecule has 3 heteroatoms. The van der Waals surface area contributed by atoms with Crippen molar-refractivity contribution in [1.29, 1.82) is 0 Å². The van der Waals surface area contributed by atoms with Crippen molar-refractivity contribution < 1.29 is 9.47 Å². The lowest BCUT2D eigenvalue weighted by Gasteiger charge is -2.30. The molecule has 1 aliphatic rings. The first-order valence-electron chi connectivity index (χ1n) is 6.15. The van der Waals surface area contributed by atoms with Crippen LogP contribution in [0.1, 0.15) is 31.0 Å². The van der Waals surface area contributed by atoms with E-state index in [1.54, 1.807) is 14.2 Å². The fourth-order valence-electron chi connectivity index (χ4n) is 2.51. The molecule has 1 aliphatic heterocycles. The van der Waals surface area contributed by atoms with Gasteiger partial charge in [0.2, 0.25) is 0 Å². The Morgan fingerprint density at radius 1 is 1.18 bits per heavy atom. The van der Waals surface area contributed by atoms with E-state index in [-0.39, 0.29) is 0 Å². The second-order valence-corrected chi connectivity index (χ2v) is 4.83. The van der Waals surface area contributed by atoms with Gasteiger partial charge in [0.15, 0.2) is 11.5 Å². The maximum absolute atomic E-state index is 5.38. The third kappa shape index (κ3) is 2.25. The number of fused-ring (bicyclic) bond motifs is 1. The average Bonchev–Trinajstić information content (AvgIpc) is 2.35. The molecule has 0 bridgehead atoms. The van der Waals surface area contributed by atoms with Crippen molar-refractivity contribution >= 4 is 0 Å². The largest absolute Gasteiger partial charge is 0.493 e. The first kappa shape index (κ1) is 12.2. The summed E-state index contributed by atoms with van der Waals surface area (Å²) < 4.78 is 10.7. The van der Waals surface area contributed by atoms with E-state index in [0.29, 0.717) is 12.0 Å². The molecule has 17 heavy (non-hydrogen) atoms. The molecule has 0 aliphatic carbocycles. The molecule has 1 aromatic rings. The van der Waals surface area contributed by atoms with Crippen molar-refractivity contribution in [1.82, 2.24) is 5.32 Å².